The molecular weight excluding hydrogens is 329 g/mol. The quantitative estimate of drug-likeness (QED) is 0.770. The van der Waals surface area contributed by atoms with E-state index in [1.165, 1.54) is 23.1 Å². The lowest BCUT2D eigenvalue weighted by molar-refractivity contribution is 0.580. The number of rotatable bonds is 3. The standard InChI is InChI=1S/C15H10ClF3N4/c1-8-2-9(16)3-13(14(8)19)21-15-20-7-23(22-15)12-5-10(17)4-11(18)6-12/h2-7H,1H3,(H,21,22). The molecule has 0 unspecified atom stereocenters. The van der Waals surface area contributed by atoms with E-state index in [0.717, 1.165) is 18.2 Å². The number of hydrogen-bond acceptors (Lipinski definition) is 3. The minimum atomic E-state index is -0.735. The molecule has 0 aliphatic heterocycles. The van der Waals surface area contributed by atoms with Crippen LogP contribution in [0.2, 0.25) is 5.02 Å². The van der Waals surface area contributed by atoms with Crippen molar-refractivity contribution in [1.29, 1.82) is 0 Å². The first-order valence-electron chi connectivity index (χ1n) is 6.53. The highest BCUT2D eigenvalue weighted by molar-refractivity contribution is 6.31. The first kappa shape index (κ1) is 15.4. The molecule has 0 radical (unpaired) electrons. The van der Waals surface area contributed by atoms with Gasteiger partial charge in [0.25, 0.3) is 0 Å². The second-order valence-corrected chi connectivity index (χ2v) is 5.29. The van der Waals surface area contributed by atoms with E-state index < -0.39 is 17.5 Å². The molecule has 0 aliphatic rings. The van der Waals surface area contributed by atoms with E-state index in [9.17, 15) is 13.2 Å². The number of aromatic nitrogens is 3. The van der Waals surface area contributed by atoms with Crippen molar-refractivity contribution in [2.24, 2.45) is 0 Å². The van der Waals surface area contributed by atoms with Gasteiger partial charge in [-0.1, -0.05) is 11.6 Å². The molecule has 0 fully saturated rings. The Kier molecular flexibility index (Phi) is 3.96. The predicted molar refractivity (Wildman–Crippen MR) is 80.7 cm³/mol. The Morgan fingerprint density at radius 1 is 1.04 bits per heavy atom. The maximum atomic E-state index is 14.0. The smallest absolute Gasteiger partial charge is 0.247 e. The minimum absolute atomic E-state index is 0.0650. The van der Waals surface area contributed by atoms with Crippen LogP contribution in [0.25, 0.3) is 5.69 Å². The Labute approximate surface area is 134 Å². The summed E-state index contributed by atoms with van der Waals surface area (Å²) < 4.78 is 41.6. The van der Waals surface area contributed by atoms with Crippen molar-refractivity contribution in [3.05, 3.63) is 64.7 Å². The van der Waals surface area contributed by atoms with Crippen LogP contribution >= 0.6 is 11.6 Å². The number of hydrogen-bond donors (Lipinski definition) is 1. The molecule has 118 valence electrons. The van der Waals surface area contributed by atoms with Crippen molar-refractivity contribution in [2.75, 3.05) is 5.32 Å². The van der Waals surface area contributed by atoms with Crippen LogP contribution in [0.1, 0.15) is 5.56 Å². The number of halogens is 4. The SMILES string of the molecule is Cc1cc(Cl)cc(Nc2ncn(-c3cc(F)cc(F)c3)n2)c1F. The summed E-state index contributed by atoms with van der Waals surface area (Å²) in [5.74, 6) is -1.89. The fourth-order valence-corrected chi connectivity index (χ4v) is 2.33. The predicted octanol–water partition coefficient (Wildman–Crippen LogP) is 4.39. The van der Waals surface area contributed by atoms with E-state index in [1.807, 2.05) is 0 Å². The third-order valence-corrected chi connectivity index (χ3v) is 3.29. The topological polar surface area (TPSA) is 42.7 Å². The summed E-state index contributed by atoms with van der Waals surface area (Å²) >= 11 is 5.89. The van der Waals surface area contributed by atoms with Gasteiger partial charge in [-0.05, 0) is 36.8 Å². The summed E-state index contributed by atoms with van der Waals surface area (Å²) in [6, 6.07) is 5.84. The van der Waals surface area contributed by atoms with Gasteiger partial charge in [0, 0.05) is 11.1 Å². The molecule has 0 spiro atoms. The first-order chi connectivity index (χ1) is 10.9. The lowest BCUT2D eigenvalue weighted by Crippen LogP contribution is -2.00. The molecule has 8 heteroatoms. The molecule has 3 rings (SSSR count). The van der Waals surface area contributed by atoms with E-state index >= 15 is 0 Å². The molecular formula is C15H10ClF3N4. The van der Waals surface area contributed by atoms with Gasteiger partial charge < -0.3 is 5.32 Å². The third kappa shape index (κ3) is 3.29. The van der Waals surface area contributed by atoms with Gasteiger partial charge in [-0.2, -0.15) is 4.98 Å². The zero-order chi connectivity index (χ0) is 16.6. The molecule has 0 bridgehead atoms. The highest BCUT2D eigenvalue weighted by Gasteiger charge is 2.11. The molecule has 0 saturated heterocycles. The lowest BCUT2D eigenvalue weighted by atomic mass is 10.2. The van der Waals surface area contributed by atoms with Gasteiger partial charge in [0.15, 0.2) is 0 Å². The summed E-state index contributed by atoms with van der Waals surface area (Å²) in [5, 5.41) is 7.05. The Balaban J connectivity index is 1.91. The maximum absolute atomic E-state index is 14.0. The second kappa shape index (κ2) is 5.92. The molecule has 3 aromatic rings. The average Bonchev–Trinajstić information content (AvgIpc) is 2.92. The number of aryl methyl sites for hydroxylation is 1. The molecule has 4 nitrogen and oxygen atoms in total. The Morgan fingerprint density at radius 2 is 1.74 bits per heavy atom. The van der Waals surface area contributed by atoms with Gasteiger partial charge >= 0.3 is 0 Å². The van der Waals surface area contributed by atoms with Crippen molar-refractivity contribution < 1.29 is 13.2 Å². The van der Waals surface area contributed by atoms with Gasteiger partial charge in [-0.3, -0.25) is 0 Å². The van der Waals surface area contributed by atoms with Crippen molar-refractivity contribution in [3.63, 3.8) is 0 Å². The van der Waals surface area contributed by atoms with Crippen LogP contribution in [0.3, 0.4) is 0 Å². The molecule has 0 saturated carbocycles. The van der Waals surface area contributed by atoms with Crippen LogP contribution in [0.5, 0.6) is 0 Å². The highest BCUT2D eigenvalue weighted by Crippen LogP contribution is 2.25. The molecule has 23 heavy (non-hydrogen) atoms. The summed E-state index contributed by atoms with van der Waals surface area (Å²) in [6.45, 7) is 1.58. The van der Waals surface area contributed by atoms with Crippen LogP contribution in [0, 0.1) is 24.4 Å². The van der Waals surface area contributed by atoms with Crippen LogP contribution in [-0.4, -0.2) is 14.8 Å². The number of nitrogens with zero attached hydrogens (tertiary/aromatic N) is 3. The van der Waals surface area contributed by atoms with Gasteiger partial charge in [0.2, 0.25) is 5.95 Å². The minimum Gasteiger partial charge on any atom is -0.320 e. The zero-order valence-corrected chi connectivity index (χ0v) is 12.6. The van der Waals surface area contributed by atoms with E-state index in [1.54, 1.807) is 6.92 Å². The highest BCUT2D eigenvalue weighted by atomic mass is 35.5. The second-order valence-electron chi connectivity index (χ2n) is 4.85. The van der Waals surface area contributed by atoms with Crippen LogP contribution in [0.15, 0.2) is 36.7 Å². The number of benzene rings is 2. The van der Waals surface area contributed by atoms with Crippen LogP contribution in [-0.2, 0) is 0 Å². The van der Waals surface area contributed by atoms with E-state index in [-0.39, 0.29) is 17.3 Å². The zero-order valence-electron chi connectivity index (χ0n) is 11.8. The summed E-state index contributed by atoms with van der Waals surface area (Å²) in [6.07, 6.45) is 1.26. The van der Waals surface area contributed by atoms with Crippen molar-refractivity contribution in [2.45, 2.75) is 6.92 Å². The van der Waals surface area contributed by atoms with E-state index in [0.29, 0.717) is 10.6 Å². The van der Waals surface area contributed by atoms with Crippen LogP contribution in [0.4, 0.5) is 24.8 Å². The summed E-state index contributed by atoms with van der Waals surface area (Å²) in [7, 11) is 0. The Hall–Kier alpha value is -2.54. The molecule has 0 amide bonds. The Morgan fingerprint density at radius 3 is 2.43 bits per heavy atom. The van der Waals surface area contributed by atoms with Gasteiger partial charge in [0.1, 0.15) is 23.8 Å². The molecule has 1 aromatic heterocycles. The summed E-state index contributed by atoms with van der Waals surface area (Å²) in [5.41, 5.74) is 0.635. The van der Waals surface area contributed by atoms with Crippen molar-refractivity contribution in [1.82, 2.24) is 14.8 Å². The normalized spacial score (nSPS) is 10.8. The number of anilines is 2. The monoisotopic (exact) mass is 338 g/mol. The van der Waals surface area contributed by atoms with E-state index in [4.69, 9.17) is 11.6 Å². The van der Waals surface area contributed by atoms with Gasteiger partial charge in [-0.15, -0.1) is 5.10 Å². The maximum Gasteiger partial charge on any atom is 0.247 e. The summed E-state index contributed by atoms with van der Waals surface area (Å²) in [4.78, 5) is 3.93. The fourth-order valence-electron chi connectivity index (χ4n) is 2.05. The van der Waals surface area contributed by atoms with E-state index in [2.05, 4.69) is 15.4 Å². The Bertz CT molecular complexity index is 859. The number of nitrogens with one attached hydrogen (secondary N) is 1. The molecule has 1 N–H and O–H groups in total. The largest absolute Gasteiger partial charge is 0.320 e. The molecule has 0 atom stereocenters. The molecule has 2 aromatic carbocycles. The fraction of sp³-hybridized carbons (Fsp3) is 0.0667. The van der Waals surface area contributed by atoms with Crippen molar-refractivity contribution >= 4 is 23.2 Å². The van der Waals surface area contributed by atoms with Gasteiger partial charge in [-0.25, -0.2) is 17.9 Å². The lowest BCUT2D eigenvalue weighted by Gasteiger charge is -2.07. The first-order valence-corrected chi connectivity index (χ1v) is 6.91. The van der Waals surface area contributed by atoms with Crippen LogP contribution < -0.4 is 5.32 Å². The third-order valence-electron chi connectivity index (χ3n) is 3.07. The van der Waals surface area contributed by atoms with Crippen molar-refractivity contribution in [3.8, 4) is 5.69 Å². The van der Waals surface area contributed by atoms with Gasteiger partial charge in [0.05, 0.1) is 11.4 Å². The molecule has 1 heterocycles. The average molecular weight is 339 g/mol. The molecule has 0 aliphatic carbocycles.